The van der Waals surface area contributed by atoms with Gasteiger partial charge in [0.15, 0.2) is 17.6 Å². The van der Waals surface area contributed by atoms with E-state index < -0.39 is 21.7 Å². The zero-order valence-electron chi connectivity index (χ0n) is 6.08. The lowest BCUT2D eigenvalue weighted by Crippen LogP contribution is -1.95. The maximum absolute atomic E-state index is 13.1. The number of benzene rings is 1. The van der Waals surface area contributed by atoms with Crippen molar-refractivity contribution in [3.05, 3.63) is 27.7 Å². The normalized spacial score (nSPS) is 10.2. The monoisotopic (exact) mass is 246 g/mol. The fourth-order valence-corrected chi connectivity index (χ4v) is 1.15. The van der Waals surface area contributed by atoms with Gasteiger partial charge in [0.05, 0.1) is 5.02 Å². The van der Waals surface area contributed by atoms with Crippen LogP contribution in [0.3, 0.4) is 0 Å². The van der Waals surface area contributed by atoms with E-state index in [1.807, 2.05) is 0 Å². The Morgan fingerprint density at radius 2 is 1.85 bits per heavy atom. The van der Waals surface area contributed by atoms with Gasteiger partial charge in [0.1, 0.15) is 10.8 Å². The summed E-state index contributed by atoms with van der Waals surface area (Å²) in [6, 6.07) is 0.486. The minimum absolute atomic E-state index is 0.297. The maximum Gasteiger partial charge on any atom is 0.185 e. The molecular formula is C7H3Cl3F2O. The summed E-state index contributed by atoms with van der Waals surface area (Å²) in [7, 11) is 0. The van der Waals surface area contributed by atoms with E-state index in [4.69, 9.17) is 34.8 Å². The molecule has 0 amide bonds. The SMILES string of the molecule is Fc1cc(OCCl)c(F)c(Cl)c1Cl. The van der Waals surface area contributed by atoms with Crippen molar-refractivity contribution in [3.8, 4) is 5.75 Å². The molecule has 0 bridgehead atoms. The highest BCUT2D eigenvalue weighted by atomic mass is 35.5. The Hall–Kier alpha value is -0.250. The van der Waals surface area contributed by atoms with Gasteiger partial charge in [0.25, 0.3) is 0 Å². The molecule has 0 saturated heterocycles. The Morgan fingerprint density at radius 3 is 2.38 bits per heavy atom. The Labute approximate surface area is 88.2 Å². The lowest BCUT2D eigenvalue weighted by atomic mass is 10.3. The lowest BCUT2D eigenvalue weighted by molar-refractivity contribution is 0.360. The Morgan fingerprint density at radius 1 is 1.23 bits per heavy atom. The number of halogens is 5. The van der Waals surface area contributed by atoms with Gasteiger partial charge in [0, 0.05) is 6.07 Å². The van der Waals surface area contributed by atoms with Crippen LogP contribution in [0, 0.1) is 11.6 Å². The van der Waals surface area contributed by atoms with Gasteiger partial charge in [-0.15, -0.1) is 0 Å². The van der Waals surface area contributed by atoms with Crippen LogP contribution in [0.1, 0.15) is 0 Å². The predicted octanol–water partition coefficient (Wildman–Crippen LogP) is 3.85. The Balaban J connectivity index is 3.24. The fraction of sp³-hybridized carbons (Fsp3) is 0.143. The van der Waals surface area contributed by atoms with E-state index in [0.717, 1.165) is 6.07 Å². The molecule has 72 valence electrons. The summed E-state index contributed by atoms with van der Waals surface area (Å²) in [6.45, 7) is 0. The summed E-state index contributed by atoms with van der Waals surface area (Å²) in [5.41, 5.74) is 0. The highest BCUT2D eigenvalue weighted by Gasteiger charge is 2.16. The van der Waals surface area contributed by atoms with Crippen LogP contribution in [0.4, 0.5) is 8.78 Å². The van der Waals surface area contributed by atoms with Crippen molar-refractivity contribution in [3.63, 3.8) is 0 Å². The molecule has 1 nitrogen and oxygen atoms in total. The van der Waals surface area contributed by atoms with Crippen LogP contribution in [-0.4, -0.2) is 6.07 Å². The molecule has 0 aromatic heterocycles. The van der Waals surface area contributed by atoms with Gasteiger partial charge in [-0.25, -0.2) is 8.78 Å². The third kappa shape index (κ3) is 2.16. The molecule has 0 spiro atoms. The molecule has 0 radical (unpaired) electrons. The number of alkyl halides is 1. The predicted molar refractivity (Wildman–Crippen MR) is 47.7 cm³/mol. The first-order valence-corrected chi connectivity index (χ1v) is 4.38. The molecule has 0 saturated carbocycles. The first-order valence-electron chi connectivity index (χ1n) is 3.09. The average Bonchev–Trinajstić information content (AvgIpc) is 2.11. The number of hydrogen-bond acceptors (Lipinski definition) is 1. The van der Waals surface area contributed by atoms with Crippen LogP contribution < -0.4 is 4.74 Å². The van der Waals surface area contributed by atoms with Gasteiger partial charge in [-0.2, -0.15) is 0 Å². The van der Waals surface area contributed by atoms with E-state index in [9.17, 15) is 8.78 Å². The van der Waals surface area contributed by atoms with Crippen LogP contribution in [0.15, 0.2) is 6.07 Å². The molecule has 0 heterocycles. The molecule has 6 heteroatoms. The standard InChI is InChI=1S/C7H3Cl3F2O/c8-2-13-4-1-3(11)5(9)6(10)7(4)12/h1H,2H2. The zero-order valence-corrected chi connectivity index (χ0v) is 8.35. The third-order valence-corrected chi connectivity index (χ3v) is 2.21. The smallest absolute Gasteiger partial charge is 0.185 e. The number of hydrogen-bond donors (Lipinski definition) is 0. The largest absolute Gasteiger partial charge is 0.475 e. The summed E-state index contributed by atoms with van der Waals surface area (Å²) in [4.78, 5) is 0. The summed E-state index contributed by atoms with van der Waals surface area (Å²) in [5, 5.41) is -0.983. The van der Waals surface area contributed by atoms with Gasteiger partial charge in [0.2, 0.25) is 0 Å². The van der Waals surface area contributed by atoms with Crippen molar-refractivity contribution in [1.29, 1.82) is 0 Å². The van der Waals surface area contributed by atoms with E-state index in [1.165, 1.54) is 0 Å². The molecule has 0 unspecified atom stereocenters. The van der Waals surface area contributed by atoms with Crippen molar-refractivity contribution in [2.45, 2.75) is 0 Å². The topological polar surface area (TPSA) is 9.23 Å². The zero-order chi connectivity index (χ0) is 10.0. The molecule has 1 aromatic rings. The van der Waals surface area contributed by atoms with Crippen LogP contribution >= 0.6 is 34.8 Å². The third-order valence-electron chi connectivity index (χ3n) is 1.28. The Kier molecular flexibility index (Phi) is 3.59. The molecule has 0 aliphatic carbocycles. The van der Waals surface area contributed by atoms with E-state index in [2.05, 4.69) is 4.74 Å². The molecule has 0 aliphatic heterocycles. The van der Waals surface area contributed by atoms with E-state index >= 15 is 0 Å². The van der Waals surface area contributed by atoms with Crippen molar-refractivity contribution < 1.29 is 13.5 Å². The molecule has 1 rings (SSSR count). The second-order valence-electron chi connectivity index (χ2n) is 2.05. The van der Waals surface area contributed by atoms with E-state index in [0.29, 0.717) is 0 Å². The molecule has 13 heavy (non-hydrogen) atoms. The number of ether oxygens (including phenoxy) is 1. The highest BCUT2D eigenvalue weighted by Crippen LogP contribution is 2.33. The Bertz CT molecular complexity index is 330. The minimum atomic E-state index is -0.922. The van der Waals surface area contributed by atoms with Crippen LogP contribution in [0.5, 0.6) is 5.75 Å². The fourth-order valence-electron chi connectivity index (χ4n) is 0.715. The summed E-state index contributed by atoms with van der Waals surface area (Å²) in [5.74, 6) is -2.14. The first-order chi connectivity index (χ1) is 6.07. The summed E-state index contributed by atoms with van der Waals surface area (Å²) in [6.07, 6.45) is 0. The average molecular weight is 247 g/mol. The summed E-state index contributed by atoms with van der Waals surface area (Å²) >= 11 is 15.8. The van der Waals surface area contributed by atoms with Gasteiger partial charge in [-0.05, 0) is 0 Å². The first kappa shape index (κ1) is 10.8. The molecule has 0 fully saturated rings. The molecular weight excluding hydrogens is 244 g/mol. The van der Waals surface area contributed by atoms with Gasteiger partial charge in [-0.3, -0.25) is 0 Å². The van der Waals surface area contributed by atoms with Crippen LogP contribution in [0.25, 0.3) is 0 Å². The molecule has 1 aromatic carbocycles. The quantitative estimate of drug-likeness (QED) is 0.438. The van der Waals surface area contributed by atoms with Crippen molar-refractivity contribution in [2.75, 3.05) is 6.07 Å². The number of rotatable bonds is 2. The lowest BCUT2D eigenvalue weighted by Gasteiger charge is -2.06. The van der Waals surface area contributed by atoms with E-state index in [-0.39, 0.29) is 11.8 Å². The van der Waals surface area contributed by atoms with Crippen molar-refractivity contribution >= 4 is 34.8 Å². The van der Waals surface area contributed by atoms with Gasteiger partial charge < -0.3 is 4.74 Å². The second-order valence-corrected chi connectivity index (χ2v) is 3.03. The second kappa shape index (κ2) is 4.31. The molecule has 0 aliphatic rings. The van der Waals surface area contributed by atoms with E-state index in [1.54, 1.807) is 0 Å². The van der Waals surface area contributed by atoms with Crippen LogP contribution in [0.2, 0.25) is 10.0 Å². The molecule has 0 atom stereocenters. The minimum Gasteiger partial charge on any atom is -0.475 e. The van der Waals surface area contributed by atoms with Crippen molar-refractivity contribution in [1.82, 2.24) is 0 Å². The van der Waals surface area contributed by atoms with Gasteiger partial charge in [-0.1, -0.05) is 34.8 Å². The molecule has 0 N–H and O–H groups in total. The highest BCUT2D eigenvalue weighted by molar-refractivity contribution is 6.42. The van der Waals surface area contributed by atoms with Gasteiger partial charge >= 0.3 is 0 Å². The van der Waals surface area contributed by atoms with Crippen LogP contribution in [-0.2, 0) is 0 Å². The maximum atomic E-state index is 13.1. The van der Waals surface area contributed by atoms with Crippen molar-refractivity contribution in [2.24, 2.45) is 0 Å². The summed E-state index contributed by atoms with van der Waals surface area (Å²) < 4.78 is 30.5.